The monoisotopic (exact) mass is 445 g/mol. The highest BCUT2D eigenvalue weighted by molar-refractivity contribution is 9.10. The summed E-state index contributed by atoms with van der Waals surface area (Å²) in [5.41, 5.74) is -0.403. The van der Waals surface area contributed by atoms with Crippen LogP contribution in [-0.4, -0.2) is 25.6 Å². The van der Waals surface area contributed by atoms with E-state index < -0.39 is 36.3 Å². The summed E-state index contributed by atoms with van der Waals surface area (Å²) in [7, 11) is 1.18. The fraction of sp³-hybridized carbons (Fsp3) is 0.222. The van der Waals surface area contributed by atoms with Crippen LogP contribution in [0.25, 0.3) is 0 Å². The van der Waals surface area contributed by atoms with E-state index in [0.717, 1.165) is 16.6 Å². The van der Waals surface area contributed by atoms with Gasteiger partial charge in [0.15, 0.2) is 12.6 Å². The number of nitrogens with one attached hydrogen (secondary N) is 1. The average Bonchev–Trinajstić information content (AvgIpc) is 2.64. The van der Waals surface area contributed by atoms with Gasteiger partial charge in [0, 0.05) is 4.47 Å². The number of carbonyl (C=O) groups excluding carboxylic acids is 2. The SMILES string of the molecule is COC(=O)C(NC(=O)COc1cccc(C(F)(F)F)c1)c1ccc(Br)cc1. The van der Waals surface area contributed by atoms with Gasteiger partial charge in [-0.3, -0.25) is 4.79 Å². The zero-order valence-electron chi connectivity index (χ0n) is 14.0. The number of hydrogen-bond acceptors (Lipinski definition) is 4. The van der Waals surface area contributed by atoms with Crippen LogP contribution in [0, 0.1) is 0 Å². The third-order valence-corrected chi connectivity index (χ3v) is 4.01. The lowest BCUT2D eigenvalue weighted by atomic mass is 10.1. The second-order valence-corrected chi connectivity index (χ2v) is 6.31. The summed E-state index contributed by atoms with van der Waals surface area (Å²) in [6.07, 6.45) is -4.51. The summed E-state index contributed by atoms with van der Waals surface area (Å²) in [5.74, 6) is -1.49. The Kier molecular flexibility index (Phi) is 6.84. The van der Waals surface area contributed by atoms with E-state index in [1.165, 1.54) is 19.2 Å². The molecule has 9 heteroatoms. The molecule has 2 aromatic rings. The van der Waals surface area contributed by atoms with Crippen LogP contribution < -0.4 is 10.1 Å². The van der Waals surface area contributed by atoms with Crippen LogP contribution in [0.3, 0.4) is 0 Å². The van der Waals surface area contributed by atoms with Crippen LogP contribution in [0.5, 0.6) is 5.75 Å². The van der Waals surface area contributed by atoms with Crippen LogP contribution in [0.1, 0.15) is 17.2 Å². The maximum absolute atomic E-state index is 12.7. The molecule has 1 N–H and O–H groups in total. The summed E-state index contributed by atoms with van der Waals surface area (Å²) in [6.45, 7) is -0.564. The Balaban J connectivity index is 2.04. The molecule has 0 aliphatic carbocycles. The standard InChI is InChI=1S/C18H15BrF3NO4/c1-26-17(25)16(11-5-7-13(19)8-6-11)23-15(24)10-27-14-4-2-3-12(9-14)18(20,21)22/h2-9,16H,10H2,1H3,(H,23,24). The summed E-state index contributed by atoms with van der Waals surface area (Å²) < 4.78 is 48.6. The van der Waals surface area contributed by atoms with Crippen LogP contribution in [0.2, 0.25) is 0 Å². The number of esters is 1. The predicted octanol–water partition coefficient (Wildman–Crippen LogP) is 3.88. The molecule has 1 amide bonds. The van der Waals surface area contributed by atoms with Crippen molar-refractivity contribution in [3.63, 3.8) is 0 Å². The lowest BCUT2D eigenvalue weighted by Crippen LogP contribution is -2.37. The first kappa shape index (κ1) is 20.8. The van der Waals surface area contributed by atoms with Crippen molar-refractivity contribution in [2.24, 2.45) is 0 Å². The van der Waals surface area contributed by atoms with Crippen molar-refractivity contribution in [2.75, 3.05) is 13.7 Å². The molecule has 0 saturated heterocycles. The Morgan fingerprint density at radius 1 is 1.15 bits per heavy atom. The van der Waals surface area contributed by atoms with Gasteiger partial charge < -0.3 is 14.8 Å². The van der Waals surface area contributed by atoms with Crippen LogP contribution in [-0.2, 0) is 20.5 Å². The average molecular weight is 446 g/mol. The number of ether oxygens (including phenoxy) is 2. The van der Waals surface area contributed by atoms with Gasteiger partial charge in [-0.25, -0.2) is 4.79 Å². The number of rotatable bonds is 6. The lowest BCUT2D eigenvalue weighted by Gasteiger charge is -2.17. The van der Waals surface area contributed by atoms with Crippen molar-refractivity contribution in [3.8, 4) is 5.75 Å². The Labute approximate surface area is 161 Å². The van der Waals surface area contributed by atoms with Crippen molar-refractivity contribution < 1.29 is 32.2 Å². The minimum Gasteiger partial charge on any atom is -0.484 e. The summed E-state index contributed by atoms with van der Waals surface area (Å²) in [4.78, 5) is 24.0. The van der Waals surface area contributed by atoms with Crippen molar-refractivity contribution in [2.45, 2.75) is 12.2 Å². The van der Waals surface area contributed by atoms with Crippen molar-refractivity contribution in [1.29, 1.82) is 0 Å². The maximum atomic E-state index is 12.7. The van der Waals surface area contributed by atoms with E-state index in [2.05, 4.69) is 26.0 Å². The minimum absolute atomic E-state index is 0.113. The lowest BCUT2D eigenvalue weighted by molar-refractivity contribution is -0.145. The normalized spacial score (nSPS) is 12.2. The Hall–Kier alpha value is -2.55. The van der Waals surface area contributed by atoms with Gasteiger partial charge in [-0.05, 0) is 35.9 Å². The number of hydrogen-bond donors (Lipinski definition) is 1. The molecule has 1 unspecified atom stereocenters. The molecule has 0 aliphatic heterocycles. The molecule has 5 nitrogen and oxygen atoms in total. The largest absolute Gasteiger partial charge is 0.484 e. The number of alkyl halides is 3. The summed E-state index contributed by atoms with van der Waals surface area (Å²) in [6, 6.07) is 9.73. The molecule has 0 fully saturated rings. The van der Waals surface area contributed by atoms with E-state index in [1.54, 1.807) is 24.3 Å². The van der Waals surface area contributed by atoms with Gasteiger partial charge in [0.2, 0.25) is 0 Å². The molecule has 0 radical (unpaired) electrons. The van der Waals surface area contributed by atoms with Gasteiger partial charge in [-0.2, -0.15) is 13.2 Å². The molecule has 0 bridgehead atoms. The molecule has 2 rings (SSSR count). The third-order valence-electron chi connectivity index (χ3n) is 3.48. The quantitative estimate of drug-likeness (QED) is 0.685. The number of carbonyl (C=O) groups is 2. The summed E-state index contributed by atoms with van der Waals surface area (Å²) >= 11 is 3.27. The van der Waals surface area contributed by atoms with E-state index in [-0.39, 0.29) is 5.75 Å². The Bertz CT molecular complexity index is 809. The molecule has 144 valence electrons. The third kappa shape index (κ3) is 5.99. The molecule has 0 aliphatic rings. The Morgan fingerprint density at radius 2 is 1.81 bits per heavy atom. The molecule has 0 heterocycles. The minimum atomic E-state index is -4.51. The highest BCUT2D eigenvalue weighted by atomic mass is 79.9. The van der Waals surface area contributed by atoms with Crippen LogP contribution in [0.15, 0.2) is 53.0 Å². The van der Waals surface area contributed by atoms with Crippen LogP contribution >= 0.6 is 15.9 Å². The molecule has 0 aromatic heterocycles. The first-order valence-electron chi connectivity index (χ1n) is 7.63. The molecule has 0 spiro atoms. The van der Waals surface area contributed by atoms with Crippen molar-refractivity contribution in [1.82, 2.24) is 5.32 Å². The predicted molar refractivity (Wildman–Crippen MR) is 94.0 cm³/mol. The first-order valence-corrected chi connectivity index (χ1v) is 8.42. The topological polar surface area (TPSA) is 64.6 Å². The Morgan fingerprint density at radius 3 is 2.41 bits per heavy atom. The van der Waals surface area contributed by atoms with E-state index in [4.69, 9.17) is 4.74 Å². The van der Waals surface area contributed by atoms with Crippen molar-refractivity contribution >= 4 is 27.8 Å². The highest BCUT2D eigenvalue weighted by Gasteiger charge is 2.30. The smallest absolute Gasteiger partial charge is 0.416 e. The van der Waals surface area contributed by atoms with Crippen LogP contribution in [0.4, 0.5) is 13.2 Å². The van der Waals surface area contributed by atoms with E-state index in [1.807, 2.05) is 0 Å². The highest BCUT2D eigenvalue weighted by Crippen LogP contribution is 2.31. The molecule has 1 atom stereocenters. The molecular formula is C18H15BrF3NO4. The second kappa shape index (κ2) is 8.90. The van der Waals surface area contributed by atoms with E-state index in [9.17, 15) is 22.8 Å². The van der Waals surface area contributed by atoms with Gasteiger partial charge in [0.25, 0.3) is 5.91 Å². The number of benzene rings is 2. The van der Waals surface area contributed by atoms with Crippen molar-refractivity contribution in [3.05, 3.63) is 64.1 Å². The maximum Gasteiger partial charge on any atom is 0.416 e. The van der Waals surface area contributed by atoms with Gasteiger partial charge in [0.05, 0.1) is 12.7 Å². The zero-order valence-corrected chi connectivity index (χ0v) is 15.6. The number of halogens is 4. The molecule has 0 saturated carbocycles. The summed E-state index contributed by atoms with van der Waals surface area (Å²) in [5, 5.41) is 2.44. The fourth-order valence-electron chi connectivity index (χ4n) is 2.17. The first-order chi connectivity index (χ1) is 12.7. The molecular weight excluding hydrogens is 431 g/mol. The van der Waals surface area contributed by atoms with Gasteiger partial charge >= 0.3 is 12.1 Å². The molecule has 2 aromatic carbocycles. The fourth-order valence-corrected chi connectivity index (χ4v) is 2.43. The van der Waals surface area contributed by atoms with Gasteiger partial charge in [0.1, 0.15) is 5.75 Å². The number of amides is 1. The zero-order chi connectivity index (χ0) is 20.0. The molecule has 27 heavy (non-hydrogen) atoms. The van der Waals surface area contributed by atoms with E-state index >= 15 is 0 Å². The van der Waals surface area contributed by atoms with Gasteiger partial charge in [-0.15, -0.1) is 0 Å². The van der Waals surface area contributed by atoms with E-state index in [0.29, 0.717) is 5.56 Å². The van der Waals surface area contributed by atoms with Gasteiger partial charge in [-0.1, -0.05) is 34.1 Å². The number of methoxy groups -OCH3 is 1. The second-order valence-electron chi connectivity index (χ2n) is 5.39.